The summed E-state index contributed by atoms with van der Waals surface area (Å²) >= 11 is 0. The molecule has 3 aromatic rings. The van der Waals surface area contributed by atoms with Gasteiger partial charge < -0.3 is 9.63 Å². The number of rotatable bonds is 5. The lowest BCUT2D eigenvalue weighted by molar-refractivity contribution is -0.123. The van der Waals surface area contributed by atoms with E-state index in [0.29, 0.717) is 11.4 Å². The lowest BCUT2D eigenvalue weighted by Crippen LogP contribution is -2.33. The molecule has 0 bridgehead atoms. The van der Waals surface area contributed by atoms with E-state index in [1.54, 1.807) is 39.0 Å². The van der Waals surface area contributed by atoms with E-state index in [1.165, 1.54) is 11.2 Å². The van der Waals surface area contributed by atoms with Crippen LogP contribution in [0.2, 0.25) is 0 Å². The molecule has 0 spiro atoms. The van der Waals surface area contributed by atoms with Gasteiger partial charge in [0.05, 0.1) is 11.6 Å². The Kier molecular flexibility index (Phi) is 5.46. The van der Waals surface area contributed by atoms with Crippen molar-refractivity contribution < 1.29 is 19.2 Å². The summed E-state index contributed by atoms with van der Waals surface area (Å²) in [5.74, 6) is -1.31. The van der Waals surface area contributed by atoms with E-state index in [4.69, 9.17) is 4.52 Å². The van der Waals surface area contributed by atoms with Crippen molar-refractivity contribution in [1.29, 1.82) is 0 Å². The fourth-order valence-corrected chi connectivity index (χ4v) is 4.08. The smallest absolute Gasteiger partial charge is 0.294 e. The van der Waals surface area contributed by atoms with Crippen molar-refractivity contribution >= 4 is 17.4 Å². The Balaban J connectivity index is 1.86. The first-order valence-electron chi connectivity index (χ1n) is 10.6. The first-order valence-corrected chi connectivity index (χ1v) is 10.6. The Morgan fingerprint density at radius 2 is 1.78 bits per heavy atom. The largest absolute Gasteiger partial charge is 0.503 e. The molecule has 2 heterocycles. The molecule has 1 aliphatic heterocycles. The van der Waals surface area contributed by atoms with Gasteiger partial charge in [0.1, 0.15) is 12.0 Å². The molecule has 1 aliphatic rings. The molecule has 0 aliphatic carbocycles. The Bertz CT molecular complexity index is 1190. The molecule has 6 heteroatoms. The van der Waals surface area contributed by atoms with Gasteiger partial charge in [0, 0.05) is 22.7 Å². The molecule has 0 saturated carbocycles. The van der Waals surface area contributed by atoms with Gasteiger partial charge in [-0.1, -0.05) is 69.2 Å². The lowest BCUT2D eigenvalue weighted by Gasteiger charge is -2.30. The normalized spacial score (nSPS) is 16.7. The minimum Gasteiger partial charge on any atom is -0.503 e. The highest BCUT2D eigenvalue weighted by Gasteiger charge is 2.47. The SMILES string of the molecule is CCc1ccccc1C1C(C(=O)C(C)(C)C)=C(O)C(=O)N1c1ccc(-c2ccon2)cc1. The van der Waals surface area contributed by atoms with Gasteiger partial charge in [-0.3, -0.25) is 14.5 Å². The van der Waals surface area contributed by atoms with Crippen molar-refractivity contribution in [2.75, 3.05) is 4.90 Å². The molecule has 32 heavy (non-hydrogen) atoms. The van der Waals surface area contributed by atoms with E-state index >= 15 is 0 Å². The highest BCUT2D eigenvalue weighted by Crippen LogP contribution is 2.44. The summed E-state index contributed by atoms with van der Waals surface area (Å²) in [6.07, 6.45) is 2.23. The molecule has 4 rings (SSSR count). The van der Waals surface area contributed by atoms with E-state index < -0.39 is 23.1 Å². The number of aliphatic hydroxyl groups excluding tert-OH is 1. The van der Waals surface area contributed by atoms with Crippen LogP contribution in [0.15, 0.2) is 76.7 Å². The Labute approximate surface area is 187 Å². The summed E-state index contributed by atoms with van der Waals surface area (Å²) < 4.78 is 4.91. The first-order chi connectivity index (χ1) is 15.2. The zero-order valence-electron chi connectivity index (χ0n) is 18.6. The van der Waals surface area contributed by atoms with Crippen molar-refractivity contribution in [3.05, 3.63) is 83.3 Å². The molecule has 2 aromatic carbocycles. The van der Waals surface area contributed by atoms with Gasteiger partial charge in [0.15, 0.2) is 11.5 Å². The molecule has 1 amide bonds. The van der Waals surface area contributed by atoms with Crippen molar-refractivity contribution in [3.63, 3.8) is 0 Å². The Morgan fingerprint density at radius 1 is 1.09 bits per heavy atom. The molecular formula is C26H26N2O4. The Hall–Kier alpha value is -3.67. The summed E-state index contributed by atoms with van der Waals surface area (Å²) in [6.45, 7) is 7.40. The van der Waals surface area contributed by atoms with E-state index in [0.717, 1.165) is 23.1 Å². The standard InChI is InChI=1S/C26H26N2O4/c1-5-16-8-6-7-9-19(16)22-21(24(30)26(2,3)4)23(29)25(31)28(22)18-12-10-17(11-13-18)20-14-15-32-27-20/h6-15,22,29H,5H2,1-4H3. The maximum absolute atomic E-state index is 13.4. The number of carbonyl (C=O) groups excluding carboxylic acids is 2. The van der Waals surface area contributed by atoms with Crippen LogP contribution < -0.4 is 4.90 Å². The molecule has 1 aromatic heterocycles. The minimum absolute atomic E-state index is 0.143. The lowest BCUT2D eigenvalue weighted by atomic mass is 9.81. The molecule has 0 fully saturated rings. The molecule has 164 valence electrons. The molecule has 6 nitrogen and oxygen atoms in total. The van der Waals surface area contributed by atoms with Gasteiger partial charge >= 0.3 is 0 Å². The number of aryl methyl sites for hydroxylation is 1. The van der Waals surface area contributed by atoms with Crippen LogP contribution in [-0.4, -0.2) is 22.0 Å². The highest BCUT2D eigenvalue weighted by atomic mass is 16.5. The molecule has 1 atom stereocenters. The maximum Gasteiger partial charge on any atom is 0.294 e. The van der Waals surface area contributed by atoms with Crippen LogP contribution in [0.1, 0.15) is 44.9 Å². The van der Waals surface area contributed by atoms with Crippen molar-refractivity contribution in [3.8, 4) is 11.3 Å². The van der Waals surface area contributed by atoms with Crippen LogP contribution in [0, 0.1) is 5.41 Å². The fourth-order valence-electron chi connectivity index (χ4n) is 4.08. The van der Waals surface area contributed by atoms with Crippen LogP contribution in [0.4, 0.5) is 5.69 Å². The number of benzene rings is 2. The monoisotopic (exact) mass is 430 g/mol. The van der Waals surface area contributed by atoms with Gasteiger partial charge in [0.25, 0.3) is 5.91 Å². The number of anilines is 1. The first kappa shape index (κ1) is 21.6. The number of nitrogens with zero attached hydrogens (tertiary/aromatic N) is 2. The number of amides is 1. The number of aromatic nitrogens is 1. The van der Waals surface area contributed by atoms with Crippen molar-refractivity contribution in [1.82, 2.24) is 5.16 Å². The number of carbonyl (C=O) groups is 2. The second kappa shape index (κ2) is 8.11. The van der Waals surface area contributed by atoms with Crippen LogP contribution in [0.25, 0.3) is 11.3 Å². The summed E-state index contributed by atoms with van der Waals surface area (Å²) in [7, 11) is 0. The molecule has 0 radical (unpaired) electrons. The summed E-state index contributed by atoms with van der Waals surface area (Å²) in [4.78, 5) is 28.2. The zero-order valence-corrected chi connectivity index (χ0v) is 18.6. The summed E-state index contributed by atoms with van der Waals surface area (Å²) in [5, 5.41) is 14.8. The van der Waals surface area contributed by atoms with E-state index in [2.05, 4.69) is 5.16 Å². The predicted octanol–water partition coefficient (Wildman–Crippen LogP) is 5.42. The van der Waals surface area contributed by atoms with E-state index in [-0.39, 0.29) is 11.4 Å². The topological polar surface area (TPSA) is 83.6 Å². The summed E-state index contributed by atoms with van der Waals surface area (Å²) in [5.41, 5.74) is 3.34. The van der Waals surface area contributed by atoms with Crippen molar-refractivity contribution in [2.24, 2.45) is 5.41 Å². The third-order valence-corrected chi connectivity index (χ3v) is 5.74. The third kappa shape index (κ3) is 3.62. The predicted molar refractivity (Wildman–Crippen MR) is 122 cm³/mol. The van der Waals surface area contributed by atoms with Gasteiger partial charge in [0.2, 0.25) is 0 Å². The number of hydrogen-bond acceptors (Lipinski definition) is 5. The van der Waals surface area contributed by atoms with Gasteiger partial charge in [-0.2, -0.15) is 0 Å². The van der Waals surface area contributed by atoms with Crippen LogP contribution in [0.3, 0.4) is 0 Å². The molecule has 0 saturated heterocycles. The molecule has 1 unspecified atom stereocenters. The van der Waals surface area contributed by atoms with Crippen LogP contribution >= 0.6 is 0 Å². The fraction of sp³-hybridized carbons (Fsp3) is 0.269. The van der Waals surface area contributed by atoms with Crippen molar-refractivity contribution in [2.45, 2.75) is 40.2 Å². The quantitative estimate of drug-likeness (QED) is 0.584. The minimum atomic E-state index is -0.754. The average molecular weight is 431 g/mol. The number of Topliss-reactive ketones (excluding diaryl/α,β-unsaturated/α-hetero) is 1. The highest BCUT2D eigenvalue weighted by molar-refractivity contribution is 6.17. The van der Waals surface area contributed by atoms with Crippen LogP contribution in [-0.2, 0) is 16.0 Å². The summed E-state index contributed by atoms with van der Waals surface area (Å²) in [6, 6.07) is 16.0. The molecule has 1 N–H and O–H groups in total. The van der Waals surface area contributed by atoms with Crippen LogP contribution in [0.5, 0.6) is 0 Å². The molecular weight excluding hydrogens is 404 g/mol. The van der Waals surface area contributed by atoms with E-state index in [1.807, 2.05) is 43.3 Å². The van der Waals surface area contributed by atoms with Gasteiger partial charge in [-0.05, 0) is 29.7 Å². The second-order valence-electron chi connectivity index (χ2n) is 8.90. The third-order valence-electron chi connectivity index (χ3n) is 5.74. The average Bonchev–Trinajstić information content (AvgIpc) is 3.40. The Morgan fingerprint density at radius 3 is 2.38 bits per heavy atom. The van der Waals surface area contributed by atoms with E-state index in [9.17, 15) is 14.7 Å². The zero-order chi connectivity index (χ0) is 23.0. The van der Waals surface area contributed by atoms with Gasteiger partial charge in [-0.15, -0.1) is 0 Å². The number of ketones is 1. The van der Waals surface area contributed by atoms with Gasteiger partial charge in [-0.25, -0.2) is 0 Å². The number of aliphatic hydroxyl groups is 1. The number of hydrogen-bond donors (Lipinski definition) is 1. The maximum atomic E-state index is 13.4. The second-order valence-corrected chi connectivity index (χ2v) is 8.90.